The summed E-state index contributed by atoms with van der Waals surface area (Å²) in [6.07, 6.45) is 3.33. The number of hydrogen-bond donors (Lipinski definition) is 2. The van der Waals surface area contributed by atoms with Crippen molar-refractivity contribution in [2.45, 2.75) is 0 Å². The third-order valence-electron chi connectivity index (χ3n) is 4.33. The number of nitrogens with one attached hydrogen (secondary N) is 2. The molecule has 0 spiro atoms. The standard InChI is InChI=1S/C23H17BrN4O2/c24-18-8-4-6-16(12-18)22(29)26-19-9-5-7-17(13-19)23(30)27-20-14-25-28(15-20)21-10-2-1-3-11-21/h1-15H,(H,26,29)(H,27,30). The number of carbonyl (C=O) groups excluding carboxylic acids is 2. The van der Waals surface area contributed by atoms with Crippen molar-refractivity contribution in [3.05, 3.63) is 107 Å². The van der Waals surface area contributed by atoms with Gasteiger partial charge in [-0.2, -0.15) is 5.10 Å². The molecule has 0 bridgehead atoms. The highest BCUT2D eigenvalue weighted by atomic mass is 79.9. The Morgan fingerprint density at radius 2 is 1.43 bits per heavy atom. The van der Waals surface area contributed by atoms with Crippen LogP contribution < -0.4 is 10.6 Å². The van der Waals surface area contributed by atoms with E-state index in [9.17, 15) is 9.59 Å². The van der Waals surface area contributed by atoms with Gasteiger partial charge in [-0.05, 0) is 48.5 Å². The van der Waals surface area contributed by atoms with Gasteiger partial charge in [0.15, 0.2) is 0 Å². The predicted molar refractivity (Wildman–Crippen MR) is 120 cm³/mol. The summed E-state index contributed by atoms with van der Waals surface area (Å²) in [5.41, 5.74) is 2.96. The molecule has 0 radical (unpaired) electrons. The van der Waals surface area contributed by atoms with Crippen LogP contribution in [0.4, 0.5) is 11.4 Å². The van der Waals surface area contributed by atoms with Crippen LogP contribution in [-0.4, -0.2) is 21.6 Å². The third-order valence-corrected chi connectivity index (χ3v) is 4.82. The quantitative estimate of drug-likeness (QED) is 0.432. The zero-order chi connectivity index (χ0) is 20.9. The van der Waals surface area contributed by atoms with Gasteiger partial charge in [0.1, 0.15) is 0 Å². The van der Waals surface area contributed by atoms with Gasteiger partial charge in [0.2, 0.25) is 0 Å². The fourth-order valence-electron chi connectivity index (χ4n) is 2.88. The van der Waals surface area contributed by atoms with Crippen LogP contribution in [0.25, 0.3) is 5.69 Å². The van der Waals surface area contributed by atoms with Crippen LogP contribution in [0.1, 0.15) is 20.7 Å². The van der Waals surface area contributed by atoms with Crippen molar-refractivity contribution in [1.29, 1.82) is 0 Å². The van der Waals surface area contributed by atoms with E-state index in [1.54, 1.807) is 59.5 Å². The highest BCUT2D eigenvalue weighted by Gasteiger charge is 2.11. The maximum Gasteiger partial charge on any atom is 0.255 e. The smallest absolute Gasteiger partial charge is 0.255 e. The normalized spacial score (nSPS) is 10.4. The number of amides is 2. The van der Waals surface area contributed by atoms with Crippen molar-refractivity contribution in [3.63, 3.8) is 0 Å². The van der Waals surface area contributed by atoms with Gasteiger partial charge in [-0.25, -0.2) is 4.68 Å². The summed E-state index contributed by atoms with van der Waals surface area (Å²) in [4.78, 5) is 25.1. The lowest BCUT2D eigenvalue weighted by atomic mass is 10.1. The number of benzene rings is 3. The van der Waals surface area contributed by atoms with Gasteiger partial charge in [0.25, 0.3) is 11.8 Å². The predicted octanol–water partition coefficient (Wildman–Crippen LogP) is 5.14. The molecule has 4 rings (SSSR count). The molecule has 6 nitrogen and oxygen atoms in total. The van der Waals surface area contributed by atoms with Crippen molar-refractivity contribution in [3.8, 4) is 5.69 Å². The van der Waals surface area contributed by atoms with Crippen LogP contribution >= 0.6 is 15.9 Å². The van der Waals surface area contributed by atoms with E-state index in [1.807, 2.05) is 36.4 Å². The van der Waals surface area contributed by atoms with E-state index < -0.39 is 0 Å². The van der Waals surface area contributed by atoms with E-state index in [-0.39, 0.29) is 11.8 Å². The SMILES string of the molecule is O=C(Nc1cccc(C(=O)Nc2cnn(-c3ccccc3)c2)c1)c1cccc(Br)c1. The lowest BCUT2D eigenvalue weighted by Gasteiger charge is -2.08. The Bertz CT molecular complexity index is 1200. The lowest BCUT2D eigenvalue weighted by Crippen LogP contribution is -2.14. The Hall–Kier alpha value is -3.71. The number of halogens is 1. The monoisotopic (exact) mass is 460 g/mol. The second-order valence-corrected chi connectivity index (χ2v) is 7.42. The molecule has 4 aromatic rings. The summed E-state index contributed by atoms with van der Waals surface area (Å²) in [6, 6.07) is 23.5. The molecule has 0 saturated carbocycles. The minimum atomic E-state index is -0.291. The van der Waals surface area contributed by atoms with Gasteiger partial charge in [-0.1, -0.05) is 46.3 Å². The molecule has 2 amide bonds. The van der Waals surface area contributed by atoms with Crippen LogP contribution in [0.3, 0.4) is 0 Å². The maximum absolute atomic E-state index is 12.6. The Labute approximate surface area is 181 Å². The van der Waals surface area contributed by atoms with Crippen LogP contribution in [0, 0.1) is 0 Å². The minimum absolute atomic E-state index is 0.252. The van der Waals surface area contributed by atoms with Crippen molar-refractivity contribution >= 4 is 39.1 Å². The second kappa shape index (κ2) is 8.75. The maximum atomic E-state index is 12.6. The highest BCUT2D eigenvalue weighted by Crippen LogP contribution is 2.17. The molecular weight excluding hydrogens is 444 g/mol. The van der Waals surface area contributed by atoms with Gasteiger partial charge in [-0.3, -0.25) is 9.59 Å². The number of hydrogen-bond acceptors (Lipinski definition) is 3. The topological polar surface area (TPSA) is 76.0 Å². The van der Waals surface area contributed by atoms with E-state index in [1.165, 1.54) is 0 Å². The molecule has 1 heterocycles. The van der Waals surface area contributed by atoms with Gasteiger partial charge in [-0.15, -0.1) is 0 Å². The molecule has 0 aliphatic carbocycles. The van der Waals surface area contributed by atoms with Crippen molar-refractivity contribution < 1.29 is 9.59 Å². The summed E-state index contributed by atoms with van der Waals surface area (Å²) >= 11 is 3.35. The number of aromatic nitrogens is 2. The summed E-state index contributed by atoms with van der Waals surface area (Å²) in [7, 11) is 0. The fourth-order valence-corrected chi connectivity index (χ4v) is 3.28. The fraction of sp³-hybridized carbons (Fsp3) is 0. The van der Waals surface area contributed by atoms with Gasteiger partial charge in [0, 0.05) is 21.3 Å². The Morgan fingerprint density at radius 1 is 0.767 bits per heavy atom. The van der Waals surface area contributed by atoms with Gasteiger partial charge < -0.3 is 10.6 Å². The Morgan fingerprint density at radius 3 is 2.17 bits per heavy atom. The Balaban J connectivity index is 1.45. The summed E-state index contributed by atoms with van der Waals surface area (Å²) in [5, 5.41) is 9.91. The lowest BCUT2D eigenvalue weighted by molar-refractivity contribution is 0.101. The largest absolute Gasteiger partial charge is 0.322 e. The Kier molecular flexibility index (Phi) is 5.72. The van der Waals surface area contributed by atoms with E-state index in [2.05, 4.69) is 31.7 Å². The van der Waals surface area contributed by atoms with Crippen molar-refractivity contribution in [1.82, 2.24) is 9.78 Å². The molecule has 148 valence electrons. The van der Waals surface area contributed by atoms with E-state index >= 15 is 0 Å². The second-order valence-electron chi connectivity index (χ2n) is 6.51. The molecule has 0 atom stereocenters. The molecule has 0 aliphatic rings. The molecule has 3 aromatic carbocycles. The minimum Gasteiger partial charge on any atom is -0.322 e. The zero-order valence-electron chi connectivity index (χ0n) is 15.7. The van der Waals surface area contributed by atoms with E-state index in [4.69, 9.17) is 0 Å². The number of para-hydroxylation sites is 1. The first-order valence-corrected chi connectivity index (χ1v) is 9.96. The van der Waals surface area contributed by atoms with Crippen LogP contribution in [0.15, 0.2) is 95.7 Å². The molecule has 30 heavy (non-hydrogen) atoms. The van der Waals surface area contributed by atoms with Crippen LogP contribution in [-0.2, 0) is 0 Å². The highest BCUT2D eigenvalue weighted by molar-refractivity contribution is 9.10. The van der Waals surface area contributed by atoms with E-state index in [0.29, 0.717) is 22.5 Å². The molecule has 0 unspecified atom stereocenters. The van der Waals surface area contributed by atoms with Crippen LogP contribution in [0.2, 0.25) is 0 Å². The third kappa shape index (κ3) is 4.64. The van der Waals surface area contributed by atoms with Gasteiger partial charge >= 0.3 is 0 Å². The van der Waals surface area contributed by atoms with Crippen LogP contribution in [0.5, 0.6) is 0 Å². The van der Waals surface area contributed by atoms with Gasteiger partial charge in [0.05, 0.1) is 23.8 Å². The first-order valence-electron chi connectivity index (χ1n) is 9.17. The number of anilines is 2. The molecule has 0 fully saturated rings. The zero-order valence-corrected chi connectivity index (χ0v) is 17.3. The first-order chi connectivity index (χ1) is 14.6. The number of nitrogens with zero attached hydrogens (tertiary/aromatic N) is 2. The summed E-state index contributed by atoms with van der Waals surface area (Å²) in [5.74, 6) is -0.542. The number of rotatable bonds is 5. The average Bonchev–Trinajstić information content (AvgIpc) is 3.23. The molecule has 0 aliphatic heterocycles. The molecule has 7 heteroatoms. The average molecular weight is 461 g/mol. The van der Waals surface area contributed by atoms with E-state index in [0.717, 1.165) is 10.2 Å². The molecule has 0 saturated heterocycles. The molecular formula is C23H17BrN4O2. The van der Waals surface area contributed by atoms with Crippen molar-refractivity contribution in [2.24, 2.45) is 0 Å². The summed E-state index contributed by atoms with van der Waals surface area (Å²) < 4.78 is 2.50. The number of carbonyl (C=O) groups is 2. The summed E-state index contributed by atoms with van der Waals surface area (Å²) in [6.45, 7) is 0. The van der Waals surface area contributed by atoms with Crippen molar-refractivity contribution in [2.75, 3.05) is 10.6 Å². The first kappa shape index (κ1) is 19.6. The molecule has 2 N–H and O–H groups in total. The molecule has 1 aromatic heterocycles.